The summed E-state index contributed by atoms with van der Waals surface area (Å²) in [5.74, 6) is 0.379. The number of pyridine rings is 1. The largest absolute Gasteiger partial charge is 0.487 e. The molecule has 27 heavy (non-hydrogen) atoms. The van der Waals surface area contributed by atoms with Crippen LogP contribution in [0.2, 0.25) is 0 Å². The van der Waals surface area contributed by atoms with Crippen molar-refractivity contribution in [3.05, 3.63) is 98.4 Å². The highest BCUT2D eigenvalue weighted by atomic mass is 79.9. The van der Waals surface area contributed by atoms with Crippen LogP contribution in [0.15, 0.2) is 76.1 Å². The number of rotatable bonds is 5. The van der Waals surface area contributed by atoms with Crippen molar-refractivity contribution in [2.45, 2.75) is 19.3 Å². The van der Waals surface area contributed by atoms with E-state index in [1.165, 1.54) is 16.8 Å². The van der Waals surface area contributed by atoms with Gasteiger partial charge in [-0.25, -0.2) is 0 Å². The third-order valence-electron chi connectivity index (χ3n) is 3.92. The Kier molecular flexibility index (Phi) is 5.70. The van der Waals surface area contributed by atoms with Crippen LogP contribution in [0.1, 0.15) is 16.7 Å². The van der Waals surface area contributed by atoms with E-state index in [1.54, 1.807) is 12.1 Å². The molecule has 0 fully saturated rings. The van der Waals surface area contributed by atoms with Gasteiger partial charge in [0.05, 0.1) is 12.1 Å². The van der Waals surface area contributed by atoms with Gasteiger partial charge in [-0.2, -0.15) is 13.2 Å². The molecule has 7 heteroatoms. The molecule has 0 bridgehead atoms. The Morgan fingerprint density at radius 1 is 0.963 bits per heavy atom. The highest BCUT2D eigenvalue weighted by Crippen LogP contribution is 2.29. The van der Waals surface area contributed by atoms with E-state index in [2.05, 4.69) is 15.9 Å². The van der Waals surface area contributed by atoms with Crippen LogP contribution in [0, 0.1) is 0 Å². The first-order valence-corrected chi connectivity index (χ1v) is 8.86. The van der Waals surface area contributed by atoms with Gasteiger partial charge in [0.2, 0.25) is 0 Å². The summed E-state index contributed by atoms with van der Waals surface area (Å²) < 4.78 is 45.7. The molecule has 0 aliphatic carbocycles. The minimum atomic E-state index is -4.42. The van der Waals surface area contributed by atoms with E-state index in [0.717, 1.165) is 17.7 Å². The maximum absolute atomic E-state index is 12.8. The zero-order valence-electron chi connectivity index (χ0n) is 14.0. The van der Waals surface area contributed by atoms with Gasteiger partial charge in [0.25, 0.3) is 5.56 Å². The number of hydrogen-bond acceptors (Lipinski definition) is 2. The van der Waals surface area contributed by atoms with E-state index in [4.69, 9.17) is 4.74 Å². The summed E-state index contributed by atoms with van der Waals surface area (Å²) >= 11 is 3.23. The van der Waals surface area contributed by atoms with Gasteiger partial charge < -0.3 is 9.30 Å². The Balaban J connectivity index is 1.78. The Labute approximate surface area is 162 Å². The Morgan fingerprint density at radius 3 is 2.37 bits per heavy atom. The minimum Gasteiger partial charge on any atom is -0.487 e. The lowest BCUT2D eigenvalue weighted by atomic mass is 10.1. The predicted octanol–water partition coefficient (Wildman–Crippen LogP) is 5.26. The maximum atomic E-state index is 12.8. The molecule has 0 unspecified atom stereocenters. The number of halogens is 4. The van der Waals surface area contributed by atoms with Gasteiger partial charge in [-0.1, -0.05) is 42.5 Å². The van der Waals surface area contributed by atoms with Crippen molar-refractivity contribution < 1.29 is 17.9 Å². The second kappa shape index (κ2) is 8.00. The van der Waals surface area contributed by atoms with Crippen LogP contribution in [0.4, 0.5) is 13.2 Å². The standard InChI is InChI=1S/C20H15BrF3NO2/c21-18-17(27-13-14-5-2-1-3-6-14)9-10-25(19(18)26)12-15-7-4-8-16(11-15)20(22,23)24/h1-11H,12-13H2. The van der Waals surface area contributed by atoms with Crippen LogP contribution >= 0.6 is 15.9 Å². The number of hydrogen-bond donors (Lipinski definition) is 0. The first-order chi connectivity index (χ1) is 12.8. The maximum Gasteiger partial charge on any atom is 0.416 e. The van der Waals surface area contributed by atoms with Gasteiger partial charge >= 0.3 is 6.18 Å². The fourth-order valence-corrected chi connectivity index (χ4v) is 3.02. The van der Waals surface area contributed by atoms with Crippen molar-refractivity contribution in [2.24, 2.45) is 0 Å². The molecule has 3 nitrogen and oxygen atoms in total. The molecule has 3 rings (SSSR count). The number of benzene rings is 2. The van der Waals surface area contributed by atoms with E-state index >= 15 is 0 Å². The van der Waals surface area contributed by atoms with E-state index in [0.29, 0.717) is 17.9 Å². The van der Waals surface area contributed by atoms with Crippen molar-refractivity contribution in [3.8, 4) is 5.75 Å². The summed E-state index contributed by atoms with van der Waals surface area (Å²) in [5, 5.41) is 0. The van der Waals surface area contributed by atoms with Crippen LogP contribution < -0.4 is 10.3 Å². The average Bonchev–Trinajstić information content (AvgIpc) is 2.65. The number of nitrogens with zero attached hydrogens (tertiary/aromatic N) is 1. The van der Waals surface area contributed by atoms with Crippen molar-refractivity contribution in [1.29, 1.82) is 0 Å². The first-order valence-electron chi connectivity index (χ1n) is 8.06. The smallest absolute Gasteiger partial charge is 0.416 e. The third-order valence-corrected chi connectivity index (χ3v) is 4.65. The van der Waals surface area contributed by atoms with Crippen molar-refractivity contribution >= 4 is 15.9 Å². The normalized spacial score (nSPS) is 11.4. The lowest BCUT2D eigenvalue weighted by molar-refractivity contribution is -0.137. The Bertz CT molecular complexity index is 985. The molecule has 0 radical (unpaired) electrons. The molecule has 0 atom stereocenters. The van der Waals surface area contributed by atoms with Crippen LogP contribution in [-0.2, 0) is 19.3 Å². The van der Waals surface area contributed by atoms with E-state index in [-0.39, 0.29) is 16.6 Å². The van der Waals surface area contributed by atoms with Crippen molar-refractivity contribution in [3.63, 3.8) is 0 Å². The highest BCUT2D eigenvalue weighted by Gasteiger charge is 2.30. The second-order valence-electron chi connectivity index (χ2n) is 5.90. The van der Waals surface area contributed by atoms with Gasteiger partial charge in [0, 0.05) is 6.20 Å². The predicted molar refractivity (Wildman–Crippen MR) is 99.7 cm³/mol. The fraction of sp³-hybridized carbons (Fsp3) is 0.150. The summed E-state index contributed by atoms with van der Waals surface area (Å²) in [7, 11) is 0. The summed E-state index contributed by atoms with van der Waals surface area (Å²) in [6, 6.07) is 16.0. The molecule has 0 N–H and O–H groups in total. The second-order valence-corrected chi connectivity index (χ2v) is 6.69. The molecular formula is C20H15BrF3NO2. The summed E-state index contributed by atoms with van der Waals surface area (Å²) in [4.78, 5) is 12.5. The molecule has 0 saturated carbocycles. The summed E-state index contributed by atoms with van der Waals surface area (Å²) in [6.45, 7) is 0.330. The number of aromatic nitrogens is 1. The fourth-order valence-electron chi connectivity index (χ4n) is 2.54. The average molecular weight is 438 g/mol. The molecule has 0 spiro atoms. The van der Waals surface area contributed by atoms with E-state index in [9.17, 15) is 18.0 Å². The number of alkyl halides is 3. The molecule has 0 amide bonds. The molecule has 0 aliphatic heterocycles. The highest BCUT2D eigenvalue weighted by molar-refractivity contribution is 9.10. The van der Waals surface area contributed by atoms with Gasteiger partial charge in [0.1, 0.15) is 16.8 Å². The topological polar surface area (TPSA) is 31.2 Å². The SMILES string of the molecule is O=c1c(Br)c(OCc2ccccc2)ccn1Cc1cccc(C(F)(F)F)c1. The summed E-state index contributed by atoms with van der Waals surface area (Å²) in [5.41, 5.74) is 0.224. The van der Waals surface area contributed by atoms with Gasteiger partial charge in [-0.05, 0) is 45.3 Å². The lowest BCUT2D eigenvalue weighted by Crippen LogP contribution is -2.21. The molecule has 0 aliphatic rings. The lowest BCUT2D eigenvalue weighted by Gasteiger charge is -2.12. The quantitative estimate of drug-likeness (QED) is 0.545. The molecule has 1 aromatic heterocycles. The van der Waals surface area contributed by atoms with E-state index < -0.39 is 11.7 Å². The molecule has 2 aromatic carbocycles. The van der Waals surface area contributed by atoms with Crippen LogP contribution in [0.5, 0.6) is 5.75 Å². The van der Waals surface area contributed by atoms with Crippen LogP contribution in [-0.4, -0.2) is 4.57 Å². The Hall–Kier alpha value is -2.54. The molecule has 0 saturated heterocycles. The minimum absolute atomic E-state index is 0.0281. The van der Waals surface area contributed by atoms with Crippen molar-refractivity contribution in [2.75, 3.05) is 0 Å². The van der Waals surface area contributed by atoms with E-state index in [1.807, 2.05) is 30.3 Å². The molecule has 1 heterocycles. The van der Waals surface area contributed by atoms with Crippen LogP contribution in [0.3, 0.4) is 0 Å². The van der Waals surface area contributed by atoms with Gasteiger partial charge in [-0.15, -0.1) is 0 Å². The van der Waals surface area contributed by atoms with Gasteiger partial charge in [-0.3, -0.25) is 4.79 Å². The van der Waals surface area contributed by atoms with Gasteiger partial charge in [0.15, 0.2) is 0 Å². The molecule has 140 valence electrons. The molecule has 3 aromatic rings. The Morgan fingerprint density at radius 2 is 1.67 bits per heavy atom. The summed E-state index contributed by atoms with van der Waals surface area (Å²) in [6.07, 6.45) is -2.91. The zero-order chi connectivity index (χ0) is 19.4. The van der Waals surface area contributed by atoms with Crippen LogP contribution in [0.25, 0.3) is 0 Å². The monoisotopic (exact) mass is 437 g/mol. The third kappa shape index (κ3) is 4.80. The number of ether oxygens (including phenoxy) is 1. The molecular weight excluding hydrogens is 423 g/mol. The van der Waals surface area contributed by atoms with Crippen molar-refractivity contribution in [1.82, 2.24) is 4.57 Å². The zero-order valence-corrected chi connectivity index (χ0v) is 15.6. The first kappa shape index (κ1) is 19.2.